The van der Waals surface area contributed by atoms with Crippen LogP contribution >= 0.6 is 11.6 Å². The van der Waals surface area contributed by atoms with Crippen LogP contribution in [-0.2, 0) is 0 Å². The van der Waals surface area contributed by atoms with E-state index in [1.807, 2.05) is 24.3 Å². The van der Waals surface area contributed by atoms with Crippen molar-refractivity contribution in [3.05, 3.63) is 41.0 Å². The minimum Gasteiger partial charge on any atom is -0.465 e. The number of piperidine rings is 1. The number of pyridine rings is 1. The van der Waals surface area contributed by atoms with Crippen molar-refractivity contribution >= 4 is 28.6 Å². The van der Waals surface area contributed by atoms with E-state index in [-0.39, 0.29) is 12.0 Å². The molecule has 0 saturated carbocycles. The number of fused-ring (bicyclic) bond motifs is 1. The topological polar surface area (TPSA) is 74.2 Å². The fourth-order valence-electron chi connectivity index (χ4n) is 3.03. The maximum atomic E-state index is 11.2. The lowest BCUT2D eigenvalue weighted by Gasteiger charge is -2.30. The molecule has 1 unspecified atom stereocenters. The smallest absolute Gasteiger partial charge is 0.405 e. The second kappa shape index (κ2) is 6.50. The van der Waals surface area contributed by atoms with Gasteiger partial charge in [-0.3, -0.25) is 4.98 Å². The standard InChI is InChI=1S/C16H18ClN3O2/c17-12-2-4-13-11(9-12)1-3-14(19-13)15(20-16(21)22)10-5-7-18-8-6-10/h1-4,9-10,15,18,20H,5-8H2,(H,21,22). The summed E-state index contributed by atoms with van der Waals surface area (Å²) in [7, 11) is 0. The molecule has 0 aliphatic carbocycles. The summed E-state index contributed by atoms with van der Waals surface area (Å²) in [5.41, 5.74) is 1.59. The normalized spacial score (nSPS) is 17.3. The summed E-state index contributed by atoms with van der Waals surface area (Å²) >= 11 is 5.99. The van der Waals surface area contributed by atoms with Gasteiger partial charge in [-0.15, -0.1) is 0 Å². The van der Waals surface area contributed by atoms with Crippen LogP contribution in [-0.4, -0.2) is 29.3 Å². The third kappa shape index (κ3) is 3.31. The van der Waals surface area contributed by atoms with Crippen LogP contribution in [0, 0.1) is 5.92 Å². The fourth-order valence-corrected chi connectivity index (χ4v) is 3.21. The van der Waals surface area contributed by atoms with Gasteiger partial charge in [0.1, 0.15) is 0 Å². The summed E-state index contributed by atoms with van der Waals surface area (Å²) < 4.78 is 0. The average Bonchev–Trinajstić information content (AvgIpc) is 2.53. The van der Waals surface area contributed by atoms with Crippen LogP contribution in [0.5, 0.6) is 0 Å². The number of hydrogen-bond donors (Lipinski definition) is 3. The van der Waals surface area contributed by atoms with Crippen molar-refractivity contribution in [3.8, 4) is 0 Å². The van der Waals surface area contributed by atoms with Gasteiger partial charge in [-0.1, -0.05) is 17.7 Å². The number of benzene rings is 1. The highest BCUT2D eigenvalue weighted by atomic mass is 35.5. The summed E-state index contributed by atoms with van der Waals surface area (Å²) in [4.78, 5) is 15.8. The van der Waals surface area contributed by atoms with E-state index >= 15 is 0 Å². The van der Waals surface area contributed by atoms with E-state index in [1.165, 1.54) is 0 Å². The number of nitrogens with one attached hydrogen (secondary N) is 2. The first-order chi connectivity index (χ1) is 10.6. The van der Waals surface area contributed by atoms with Crippen LogP contribution in [0.1, 0.15) is 24.6 Å². The Morgan fingerprint density at radius 1 is 1.32 bits per heavy atom. The molecule has 0 bridgehead atoms. The third-order valence-electron chi connectivity index (χ3n) is 4.13. The first-order valence-electron chi connectivity index (χ1n) is 7.40. The lowest BCUT2D eigenvalue weighted by molar-refractivity contribution is 0.179. The first-order valence-corrected chi connectivity index (χ1v) is 7.77. The van der Waals surface area contributed by atoms with Crippen molar-refractivity contribution in [1.29, 1.82) is 0 Å². The number of carboxylic acid groups (broad SMARTS) is 1. The number of halogens is 1. The molecule has 1 atom stereocenters. The van der Waals surface area contributed by atoms with E-state index in [9.17, 15) is 4.79 Å². The molecule has 1 aliphatic rings. The molecule has 1 aromatic carbocycles. The molecule has 1 amide bonds. The molecular formula is C16H18ClN3O2. The SMILES string of the molecule is O=C(O)NC(c1ccc2cc(Cl)ccc2n1)C1CCNCC1. The number of rotatable bonds is 3. The Hall–Kier alpha value is -1.85. The van der Waals surface area contributed by atoms with E-state index in [2.05, 4.69) is 15.6 Å². The molecule has 116 valence electrons. The van der Waals surface area contributed by atoms with E-state index in [1.54, 1.807) is 6.07 Å². The van der Waals surface area contributed by atoms with Crippen molar-refractivity contribution in [1.82, 2.24) is 15.6 Å². The highest BCUT2D eigenvalue weighted by molar-refractivity contribution is 6.31. The molecular weight excluding hydrogens is 302 g/mol. The number of hydrogen-bond acceptors (Lipinski definition) is 3. The molecule has 0 radical (unpaired) electrons. The lowest BCUT2D eigenvalue weighted by atomic mass is 9.88. The second-order valence-electron chi connectivity index (χ2n) is 5.59. The minimum absolute atomic E-state index is 0.259. The largest absolute Gasteiger partial charge is 0.465 e. The monoisotopic (exact) mass is 319 g/mol. The van der Waals surface area contributed by atoms with Crippen molar-refractivity contribution in [2.45, 2.75) is 18.9 Å². The molecule has 3 N–H and O–H groups in total. The Morgan fingerprint density at radius 2 is 2.09 bits per heavy atom. The Kier molecular flexibility index (Phi) is 4.45. The lowest BCUT2D eigenvalue weighted by Crippen LogP contribution is -2.38. The summed E-state index contributed by atoms with van der Waals surface area (Å²) in [6.07, 6.45) is 0.859. The van der Waals surface area contributed by atoms with Gasteiger partial charge in [0.05, 0.1) is 17.3 Å². The van der Waals surface area contributed by atoms with Crippen LogP contribution < -0.4 is 10.6 Å². The predicted octanol–water partition coefficient (Wildman–Crippen LogP) is 3.20. The van der Waals surface area contributed by atoms with Gasteiger partial charge in [-0.25, -0.2) is 4.79 Å². The fraction of sp³-hybridized carbons (Fsp3) is 0.375. The number of nitrogens with zero attached hydrogens (tertiary/aromatic N) is 1. The number of aromatic nitrogens is 1. The van der Waals surface area contributed by atoms with E-state index in [0.29, 0.717) is 5.02 Å². The number of amides is 1. The van der Waals surface area contributed by atoms with Gasteiger partial charge in [0, 0.05) is 10.4 Å². The van der Waals surface area contributed by atoms with E-state index in [0.717, 1.165) is 42.5 Å². The van der Waals surface area contributed by atoms with Gasteiger partial charge in [0.25, 0.3) is 0 Å². The Labute approximate surface area is 133 Å². The van der Waals surface area contributed by atoms with Crippen LogP contribution in [0.25, 0.3) is 10.9 Å². The molecule has 2 heterocycles. The van der Waals surface area contributed by atoms with Gasteiger partial charge in [0.2, 0.25) is 0 Å². The van der Waals surface area contributed by atoms with Crippen molar-refractivity contribution in [2.24, 2.45) is 5.92 Å². The molecule has 1 fully saturated rings. The van der Waals surface area contributed by atoms with Gasteiger partial charge in [-0.2, -0.15) is 0 Å². The average molecular weight is 320 g/mol. The first kappa shape index (κ1) is 15.1. The molecule has 2 aromatic rings. The minimum atomic E-state index is -1.01. The third-order valence-corrected chi connectivity index (χ3v) is 4.36. The zero-order chi connectivity index (χ0) is 15.5. The van der Waals surface area contributed by atoms with Crippen molar-refractivity contribution < 1.29 is 9.90 Å². The van der Waals surface area contributed by atoms with Crippen molar-refractivity contribution in [3.63, 3.8) is 0 Å². The van der Waals surface area contributed by atoms with Crippen LogP contribution in [0.4, 0.5) is 4.79 Å². The summed E-state index contributed by atoms with van der Waals surface area (Å²) in [6.45, 7) is 1.82. The highest BCUT2D eigenvalue weighted by Gasteiger charge is 2.27. The van der Waals surface area contributed by atoms with Gasteiger partial charge in [-0.05, 0) is 56.1 Å². The second-order valence-corrected chi connectivity index (χ2v) is 6.02. The molecule has 0 spiro atoms. The Bertz CT molecular complexity index is 686. The van der Waals surface area contributed by atoms with Gasteiger partial charge >= 0.3 is 6.09 Å². The maximum absolute atomic E-state index is 11.2. The number of carbonyl (C=O) groups is 1. The van der Waals surface area contributed by atoms with Crippen LogP contribution in [0.3, 0.4) is 0 Å². The van der Waals surface area contributed by atoms with Crippen LogP contribution in [0.15, 0.2) is 30.3 Å². The van der Waals surface area contributed by atoms with Gasteiger partial charge in [0.15, 0.2) is 0 Å². The Balaban J connectivity index is 1.95. The van der Waals surface area contributed by atoms with Crippen LogP contribution in [0.2, 0.25) is 5.02 Å². The van der Waals surface area contributed by atoms with E-state index in [4.69, 9.17) is 16.7 Å². The molecule has 22 heavy (non-hydrogen) atoms. The summed E-state index contributed by atoms with van der Waals surface area (Å²) in [6, 6.07) is 9.08. The zero-order valence-corrected chi connectivity index (χ0v) is 12.8. The molecule has 1 aliphatic heterocycles. The molecule has 3 rings (SSSR count). The quantitative estimate of drug-likeness (QED) is 0.812. The molecule has 6 heteroatoms. The zero-order valence-electron chi connectivity index (χ0n) is 12.1. The van der Waals surface area contributed by atoms with Crippen molar-refractivity contribution in [2.75, 3.05) is 13.1 Å². The maximum Gasteiger partial charge on any atom is 0.405 e. The van der Waals surface area contributed by atoms with Gasteiger partial charge < -0.3 is 15.7 Å². The van der Waals surface area contributed by atoms with E-state index < -0.39 is 6.09 Å². The molecule has 5 nitrogen and oxygen atoms in total. The molecule has 1 saturated heterocycles. The Morgan fingerprint density at radius 3 is 2.82 bits per heavy atom. The summed E-state index contributed by atoms with van der Waals surface area (Å²) in [5, 5.41) is 16.7. The molecule has 1 aromatic heterocycles. The summed E-state index contributed by atoms with van der Waals surface area (Å²) in [5.74, 6) is 0.259. The predicted molar refractivity (Wildman–Crippen MR) is 86.2 cm³/mol. The highest BCUT2D eigenvalue weighted by Crippen LogP contribution is 2.29.